The molecule has 1 aliphatic rings. The molecule has 2 atom stereocenters. The molecule has 0 radical (unpaired) electrons. The van der Waals surface area contributed by atoms with Crippen molar-refractivity contribution in [1.29, 1.82) is 0 Å². The fourth-order valence-electron chi connectivity index (χ4n) is 2.16. The van der Waals surface area contributed by atoms with Gasteiger partial charge in [-0.05, 0) is 49.4 Å². The van der Waals surface area contributed by atoms with E-state index in [1.54, 1.807) is 6.07 Å². The summed E-state index contributed by atoms with van der Waals surface area (Å²) in [6.07, 6.45) is 2.25. The fraction of sp³-hybridized carbons (Fsp3) is 0.462. The van der Waals surface area contributed by atoms with Gasteiger partial charge in [-0.15, -0.1) is 0 Å². The van der Waals surface area contributed by atoms with Gasteiger partial charge in [0.2, 0.25) is 0 Å². The van der Waals surface area contributed by atoms with Gasteiger partial charge in [-0.3, -0.25) is 0 Å². The van der Waals surface area contributed by atoms with Crippen LogP contribution in [-0.2, 0) is 11.2 Å². The average Bonchev–Trinajstić information content (AvgIpc) is 2.29. The maximum absolute atomic E-state index is 10.7. The Bertz CT molecular complexity index is 431. The third kappa shape index (κ3) is 2.58. The Morgan fingerprint density at radius 1 is 1.59 bits per heavy atom. The number of ether oxygens (including phenoxy) is 1. The van der Waals surface area contributed by atoms with Crippen LogP contribution < -0.4 is 10.5 Å². The van der Waals surface area contributed by atoms with E-state index in [1.807, 2.05) is 12.1 Å². The highest BCUT2D eigenvalue weighted by atomic mass is 16.5. The summed E-state index contributed by atoms with van der Waals surface area (Å²) < 4.78 is 5.34. The molecular formula is C13H17NO3. The van der Waals surface area contributed by atoms with Gasteiger partial charge in [0.05, 0.1) is 0 Å². The minimum Gasteiger partial charge on any atom is -0.479 e. The average molecular weight is 235 g/mol. The zero-order valence-corrected chi connectivity index (χ0v) is 9.85. The molecule has 92 valence electrons. The summed E-state index contributed by atoms with van der Waals surface area (Å²) >= 11 is 0. The van der Waals surface area contributed by atoms with Crippen molar-refractivity contribution in [2.24, 2.45) is 5.73 Å². The lowest BCUT2D eigenvalue weighted by Crippen LogP contribution is -2.23. The van der Waals surface area contributed by atoms with Crippen molar-refractivity contribution in [3.05, 3.63) is 29.3 Å². The zero-order chi connectivity index (χ0) is 12.4. The normalized spacial score (nSPS) is 20.5. The van der Waals surface area contributed by atoms with Gasteiger partial charge in [0.15, 0.2) is 6.10 Å². The summed E-state index contributed by atoms with van der Waals surface area (Å²) in [7, 11) is 0. The van der Waals surface area contributed by atoms with E-state index in [1.165, 1.54) is 12.5 Å². The lowest BCUT2D eigenvalue weighted by Gasteiger charge is -2.23. The first-order valence-electron chi connectivity index (χ1n) is 5.86. The second-order valence-corrected chi connectivity index (χ2v) is 4.46. The molecule has 0 fully saturated rings. The number of aliphatic carboxylic acids is 1. The van der Waals surface area contributed by atoms with Gasteiger partial charge in [0.1, 0.15) is 5.75 Å². The van der Waals surface area contributed by atoms with Crippen LogP contribution in [0.25, 0.3) is 0 Å². The molecule has 0 amide bonds. The van der Waals surface area contributed by atoms with E-state index in [4.69, 9.17) is 15.6 Å². The molecule has 17 heavy (non-hydrogen) atoms. The van der Waals surface area contributed by atoms with Crippen LogP contribution in [0.3, 0.4) is 0 Å². The summed E-state index contributed by atoms with van der Waals surface area (Å²) in [6, 6.07) is 5.75. The van der Waals surface area contributed by atoms with Crippen molar-refractivity contribution in [1.82, 2.24) is 0 Å². The molecule has 0 aliphatic heterocycles. The van der Waals surface area contributed by atoms with E-state index in [-0.39, 0.29) is 6.04 Å². The quantitative estimate of drug-likeness (QED) is 0.839. The van der Waals surface area contributed by atoms with E-state index < -0.39 is 12.1 Å². The number of rotatable bonds is 3. The number of carboxylic acids is 1. The molecule has 0 saturated carbocycles. The van der Waals surface area contributed by atoms with E-state index in [0.717, 1.165) is 24.8 Å². The van der Waals surface area contributed by atoms with Crippen LogP contribution in [0.4, 0.5) is 0 Å². The predicted octanol–water partition coefficient (Wildman–Crippen LogP) is 1.87. The second kappa shape index (κ2) is 4.75. The SMILES string of the molecule is CC(Oc1ccc2c(c1)CCCC2N)C(=O)O. The van der Waals surface area contributed by atoms with Crippen LogP contribution in [0.2, 0.25) is 0 Å². The number of hydrogen-bond acceptors (Lipinski definition) is 3. The Morgan fingerprint density at radius 2 is 2.35 bits per heavy atom. The number of carboxylic acid groups (broad SMARTS) is 1. The topological polar surface area (TPSA) is 72.5 Å². The van der Waals surface area contributed by atoms with Crippen molar-refractivity contribution in [3.8, 4) is 5.75 Å². The van der Waals surface area contributed by atoms with Crippen molar-refractivity contribution in [3.63, 3.8) is 0 Å². The molecule has 2 rings (SSSR count). The smallest absolute Gasteiger partial charge is 0.344 e. The van der Waals surface area contributed by atoms with E-state index in [2.05, 4.69) is 0 Å². The molecule has 4 nitrogen and oxygen atoms in total. The van der Waals surface area contributed by atoms with Crippen LogP contribution in [0.15, 0.2) is 18.2 Å². The van der Waals surface area contributed by atoms with Crippen LogP contribution in [0, 0.1) is 0 Å². The van der Waals surface area contributed by atoms with Crippen molar-refractivity contribution in [2.75, 3.05) is 0 Å². The van der Waals surface area contributed by atoms with Gasteiger partial charge in [-0.2, -0.15) is 0 Å². The molecule has 0 bridgehead atoms. The number of benzene rings is 1. The van der Waals surface area contributed by atoms with Crippen molar-refractivity contribution >= 4 is 5.97 Å². The molecule has 2 unspecified atom stereocenters. The monoisotopic (exact) mass is 235 g/mol. The molecule has 0 aromatic heterocycles. The lowest BCUT2D eigenvalue weighted by atomic mass is 9.88. The largest absolute Gasteiger partial charge is 0.479 e. The van der Waals surface area contributed by atoms with Gasteiger partial charge in [-0.25, -0.2) is 4.79 Å². The molecule has 4 heteroatoms. The fourth-order valence-corrected chi connectivity index (χ4v) is 2.16. The maximum atomic E-state index is 10.7. The highest BCUT2D eigenvalue weighted by Gasteiger charge is 2.18. The van der Waals surface area contributed by atoms with Crippen LogP contribution in [-0.4, -0.2) is 17.2 Å². The number of fused-ring (bicyclic) bond motifs is 1. The van der Waals surface area contributed by atoms with Gasteiger partial charge in [0.25, 0.3) is 0 Å². The molecule has 0 spiro atoms. The summed E-state index contributed by atoms with van der Waals surface area (Å²) in [6.45, 7) is 1.52. The number of hydrogen-bond donors (Lipinski definition) is 2. The summed E-state index contributed by atoms with van der Waals surface area (Å²) in [4.78, 5) is 10.7. The third-order valence-electron chi connectivity index (χ3n) is 3.14. The maximum Gasteiger partial charge on any atom is 0.344 e. The molecule has 1 aliphatic carbocycles. The van der Waals surface area contributed by atoms with Crippen molar-refractivity contribution < 1.29 is 14.6 Å². The van der Waals surface area contributed by atoms with Crippen LogP contribution in [0.1, 0.15) is 36.9 Å². The Balaban J connectivity index is 2.19. The van der Waals surface area contributed by atoms with Crippen LogP contribution in [0.5, 0.6) is 5.75 Å². The third-order valence-corrected chi connectivity index (χ3v) is 3.14. The number of aryl methyl sites for hydroxylation is 1. The highest BCUT2D eigenvalue weighted by Crippen LogP contribution is 2.30. The van der Waals surface area contributed by atoms with Crippen molar-refractivity contribution in [2.45, 2.75) is 38.3 Å². The number of nitrogens with two attached hydrogens (primary N) is 1. The van der Waals surface area contributed by atoms with Gasteiger partial charge < -0.3 is 15.6 Å². The van der Waals surface area contributed by atoms with E-state index in [0.29, 0.717) is 5.75 Å². The molecule has 3 N–H and O–H groups in total. The first kappa shape index (κ1) is 11.9. The van der Waals surface area contributed by atoms with Gasteiger partial charge in [-0.1, -0.05) is 6.07 Å². The van der Waals surface area contributed by atoms with Gasteiger partial charge in [0, 0.05) is 6.04 Å². The molecular weight excluding hydrogens is 218 g/mol. The highest BCUT2D eigenvalue weighted by molar-refractivity contribution is 5.72. The first-order chi connectivity index (χ1) is 8.08. The minimum absolute atomic E-state index is 0.102. The summed E-state index contributed by atoms with van der Waals surface area (Å²) in [5, 5.41) is 8.78. The Hall–Kier alpha value is -1.55. The molecule has 1 aromatic carbocycles. The van der Waals surface area contributed by atoms with E-state index in [9.17, 15) is 4.79 Å². The Kier molecular flexibility index (Phi) is 3.33. The Morgan fingerprint density at radius 3 is 3.06 bits per heavy atom. The molecule has 0 heterocycles. The van der Waals surface area contributed by atoms with Crippen LogP contribution >= 0.6 is 0 Å². The zero-order valence-electron chi connectivity index (χ0n) is 9.85. The Labute approximate surface area is 100 Å². The summed E-state index contributed by atoms with van der Waals surface area (Å²) in [5.41, 5.74) is 8.35. The lowest BCUT2D eigenvalue weighted by molar-refractivity contribution is -0.144. The molecule has 1 aromatic rings. The second-order valence-electron chi connectivity index (χ2n) is 4.46. The van der Waals surface area contributed by atoms with E-state index >= 15 is 0 Å². The number of carbonyl (C=O) groups is 1. The standard InChI is InChI=1S/C13H17NO3/c1-8(13(15)16)17-10-5-6-11-9(7-10)3-2-4-12(11)14/h5-8,12H,2-4,14H2,1H3,(H,15,16). The molecule has 0 saturated heterocycles. The predicted molar refractivity (Wildman–Crippen MR) is 64.0 cm³/mol. The minimum atomic E-state index is -0.959. The summed E-state index contributed by atoms with van der Waals surface area (Å²) in [5.74, 6) is -0.354. The van der Waals surface area contributed by atoms with Gasteiger partial charge >= 0.3 is 5.97 Å². The first-order valence-corrected chi connectivity index (χ1v) is 5.86.